The van der Waals surface area contributed by atoms with Crippen molar-refractivity contribution in [3.05, 3.63) is 63.7 Å². The Morgan fingerprint density at radius 3 is 2.61 bits per heavy atom. The molecular formula is C13H7ClFNOS. The number of nitrogens with zero attached hydrogens (tertiary/aromatic N) is 1. The van der Waals surface area contributed by atoms with Crippen molar-refractivity contribution in [1.29, 1.82) is 0 Å². The number of halogens is 2. The SMILES string of the molecule is O=c1c2cc(Cl)cc(F)c2sn1-c1ccccc1. The second-order valence-electron chi connectivity index (χ2n) is 3.79. The summed E-state index contributed by atoms with van der Waals surface area (Å²) >= 11 is 6.85. The van der Waals surface area contributed by atoms with E-state index < -0.39 is 5.82 Å². The van der Waals surface area contributed by atoms with Gasteiger partial charge in [0.2, 0.25) is 0 Å². The van der Waals surface area contributed by atoms with Crippen LogP contribution < -0.4 is 5.56 Å². The summed E-state index contributed by atoms with van der Waals surface area (Å²) in [5.74, 6) is -0.464. The van der Waals surface area contributed by atoms with E-state index in [2.05, 4.69) is 0 Å². The molecule has 0 aliphatic carbocycles. The Hall–Kier alpha value is -1.65. The third kappa shape index (κ3) is 1.74. The van der Waals surface area contributed by atoms with Gasteiger partial charge in [0.05, 0.1) is 15.8 Å². The number of hydrogen-bond acceptors (Lipinski definition) is 2. The number of rotatable bonds is 1. The summed E-state index contributed by atoms with van der Waals surface area (Å²) in [5, 5.41) is 0.545. The first-order valence-electron chi connectivity index (χ1n) is 5.23. The maximum Gasteiger partial charge on any atom is 0.273 e. The Morgan fingerprint density at radius 1 is 1.17 bits per heavy atom. The largest absolute Gasteiger partial charge is 0.273 e. The molecule has 0 atom stereocenters. The quantitative estimate of drug-likeness (QED) is 0.663. The molecule has 0 radical (unpaired) electrons. The smallest absolute Gasteiger partial charge is 0.267 e. The van der Waals surface area contributed by atoms with Gasteiger partial charge in [-0.2, -0.15) is 0 Å². The fourth-order valence-electron chi connectivity index (χ4n) is 1.79. The molecule has 0 saturated heterocycles. The van der Waals surface area contributed by atoms with Crippen molar-refractivity contribution >= 4 is 33.2 Å². The second-order valence-corrected chi connectivity index (χ2v) is 5.18. The Balaban J connectivity index is 2.37. The van der Waals surface area contributed by atoms with Crippen LogP contribution in [0.25, 0.3) is 15.8 Å². The number of fused-ring (bicyclic) bond motifs is 1. The summed E-state index contributed by atoms with van der Waals surface area (Å²) in [6.07, 6.45) is 0. The maximum atomic E-state index is 13.7. The molecule has 0 fully saturated rings. The van der Waals surface area contributed by atoms with E-state index >= 15 is 0 Å². The lowest BCUT2D eigenvalue weighted by molar-refractivity contribution is 0.642. The average molecular weight is 280 g/mol. The molecule has 5 heteroatoms. The molecule has 1 heterocycles. The third-order valence-corrected chi connectivity index (χ3v) is 3.97. The minimum absolute atomic E-state index is 0.232. The summed E-state index contributed by atoms with van der Waals surface area (Å²) in [7, 11) is 0. The second kappa shape index (κ2) is 4.23. The third-order valence-electron chi connectivity index (χ3n) is 2.60. The Morgan fingerprint density at radius 2 is 1.89 bits per heavy atom. The Labute approximate surface area is 111 Å². The van der Waals surface area contributed by atoms with E-state index in [4.69, 9.17) is 11.6 Å². The lowest BCUT2D eigenvalue weighted by Crippen LogP contribution is -2.10. The summed E-state index contributed by atoms with van der Waals surface area (Å²) in [4.78, 5) is 12.2. The van der Waals surface area contributed by atoms with Crippen molar-refractivity contribution in [3.63, 3.8) is 0 Å². The first kappa shape index (κ1) is 11.4. The fourth-order valence-corrected chi connectivity index (χ4v) is 2.97. The first-order chi connectivity index (χ1) is 8.66. The highest BCUT2D eigenvalue weighted by molar-refractivity contribution is 7.14. The molecule has 0 bridgehead atoms. The van der Waals surface area contributed by atoms with Crippen LogP contribution in [0.1, 0.15) is 0 Å². The zero-order valence-electron chi connectivity index (χ0n) is 9.06. The van der Waals surface area contributed by atoms with Gasteiger partial charge in [-0.15, -0.1) is 0 Å². The first-order valence-corrected chi connectivity index (χ1v) is 6.38. The molecule has 0 N–H and O–H groups in total. The topological polar surface area (TPSA) is 22.0 Å². The lowest BCUT2D eigenvalue weighted by Gasteiger charge is -1.97. The highest BCUT2D eigenvalue weighted by Gasteiger charge is 2.13. The zero-order chi connectivity index (χ0) is 12.7. The van der Waals surface area contributed by atoms with Crippen LogP contribution in [0.5, 0.6) is 0 Å². The summed E-state index contributed by atoms with van der Waals surface area (Å²) < 4.78 is 15.5. The van der Waals surface area contributed by atoms with Crippen LogP contribution >= 0.6 is 23.1 Å². The summed E-state index contributed by atoms with van der Waals surface area (Å²) in [5.41, 5.74) is 0.474. The van der Waals surface area contributed by atoms with Crippen LogP contribution in [0.4, 0.5) is 4.39 Å². The number of hydrogen-bond donors (Lipinski definition) is 0. The van der Waals surface area contributed by atoms with Gasteiger partial charge in [-0.25, -0.2) is 8.35 Å². The molecule has 90 valence electrons. The van der Waals surface area contributed by atoms with Gasteiger partial charge in [-0.05, 0) is 35.8 Å². The van der Waals surface area contributed by atoms with Crippen LogP contribution in [0, 0.1) is 5.82 Å². The standard InChI is InChI=1S/C13H7ClFNOS/c14-8-6-10-12(11(15)7-8)18-16(13(10)17)9-4-2-1-3-5-9/h1-7H. The van der Waals surface area contributed by atoms with E-state index in [1.54, 1.807) is 12.1 Å². The Bertz CT molecular complexity index is 779. The zero-order valence-corrected chi connectivity index (χ0v) is 10.6. The van der Waals surface area contributed by atoms with Crippen LogP contribution in [0.3, 0.4) is 0 Å². The molecule has 0 spiro atoms. The van der Waals surface area contributed by atoms with Gasteiger partial charge in [-0.1, -0.05) is 29.8 Å². The highest BCUT2D eigenvalue weighted by Crippen LogP contribution is 2.26. The van der Waals surface area contributed by atoms with E-state index in [-0.39, 0.29) is 10.6 Å². The lowest BCUT2D eigenvalue weighted by atomic mass is 10.2. The number of aromatic nitrogens is 1. The van der Waals surface area contributed by atoms with Crippen LogP contribution in [0.15, 0.2) is 47.3 Å². The summed E-state index contributed by atoms with van der Waals surface area (Å²) in [6, 6.07) is 11.8. The van der Waals surface area contributed by atoms with Crippen molar-refractivity contribution in [2.75, 3.05) is 0 Å². The van der Waals surface area contributed by atoms with Gasteiger partial charge in [-0.3, -0.25) is 4.79 Å². The number of para-hydroxylation sites is 1. The number of benzene rings is 2. The van der Waals surface area contributed by atoms with E-state index in [9.17, 15) is 9.18 Å². The molecule has 0 saturated carbocycles. The molecule has 0 unspecified atom stereocenters. The van der Waals surface area contributed by atoms with Gasteiger partial charge in [0, 0.05) is 5.02 Å². The molecule has 3 rings (SSSR count). The monoisotopic (exact) mass is 279 g/mol. The van der Waals surface area contributed by atoms with Crippen LogP contribution in [-0.2, 0) is 0 Å². The fraction of sp³-hybridized carbons (Fsp3) is 0. The van der Waals surface area contributed by atoms with Crippen molar-refractivity contribution in [1.82, 2.24) is 3.96 Å². The molecule has 2 nitrogen and oxygen atoms in total. The van der Waals surface area contributed by atoms with Gasteiger partial charge < -0.3 is 0 Å². The van der Waals surface area contributed by atoms with E-state index in [1.807, 2.05) is 18.2 Å². The molecule has 18 heavy (non-hydrogen) atoms. The van der Waals surface area contributed by atoms with Gasteiger partial charge in [0.1, 0.15) is 5.82 Å². The predicted molar refractivity (Wildman–Crippen MR) is 72.4 cm³/mol. The van der Waals surface area contributed by atoms with Gasteiger partial charge >= 0.3 is 0 Å². The molecule has 2 aromatic carbocycles. The maximum absolute atomic E-state index is 13.7. The normalized spacial score (nSPS) is 11.0. The summed E-state index contributed by atoms with van der Waals surface area (Å²) in [6.45, 7) is 0. The van der Waals surface area contributed by atoms with E-state index in [0.29, 0.717) is 10.1 Å². The van der Waals surface area contributed by atoms with Crippen molar-refractivity contribution in [2.24, 2.45) is 0 Å². The average Bonchev–Trinajstić information content (AvgIpc) is 2.69. The van der Waals surface area contributed by atoms with Crippen LogP contribution in [-0.4, -0.2) is 3.96 Å². The van der Waals surface area contributed by atoms with Crippen molar-refractivity contribution < 1.29 is 4.39 Å². The minimum Gasteiger partial charge on any atom is -0.267 e. The minimum atomic E-state index is -0.464. The molecule has 0 aliphatic heterocycles. The molecule has 0 aliphatic rings. The highest BCUT2D eigenvalue weighted by atomic mass is 35.5. The van der Waals surface area contributed by atoms with Gasteiger partial charge in [0.25, 0.3) is 5.56 Å². The van der Waals surface area contributed by atoms with Gasteiger partial charge in [0.15, 0.2) is 0 Å². The predicted octanol–water partition coefficient (Wildman–Crippen LogP) is 3.84. The Kier molecular flexibility index (Phi) is 2.69. The van der Waals surface area contributed by atoms with Crippen molar-refractivity contribution in [2.45, 2.75) is 0 Å². The van der Waals surface area contributed by atoms with E-state index in [1.165, 1.54) is 16.1 Å². The van der Waals surface area contributed by atoms with E-state index in [0.717, 1.165) is 17.2 Å². The molecule has 0 amide bonds. The van der Waals surface area contributed by atoms with Crippen molar-refractivity contribution in [3.8, 4) is 5.69 Å². The molecule has 1 aromatic heterocycles. The molecular weight excluding hydrogens is 273 g/mol. The molecule has 3 aromatic rings. The van der Waals surface area contributed by atoms with Crippen LogP contribution in [0.2, 0.25) is 5.02 Å².